The van der Waals surface area contributed by atoms with E-state index in [1.54, 1.807) is 0 Å². The van der Waals surface area contributed by atoms with E-state index in [0.29, 0.717) is 0 Å². The van der Waals surface area contributed by atoms with Gasteiger partial charge < -0.3 is 5.11 Å². The van der Waals surface area contributed by atoms with Crippen molar-refractivity contribution >= 4 is 0 Å². The van der Waals surface area contributed by atoms with Crippen molar-refractivity contribution in [2.24, 2.45) is 10.2 Å². The molecule has 94 valence electrons. The third-order valence-electron chi connectivity index (χ3n) is 3.22. The zero-order valence-electron chi connectivity index (χ0n) is 11.2. The van der Waals surface area contributed by atoms with E-state index < -0.39 is 5.60 Å². The predicted molar refractivity (Wildman–Crippen MR) is 66.7 cm³/mol. The van der Waals surface area contributed by atoms with Crippen LogP contribution >= 0.6 is 0 Å². The molecule has 0 aromatic rings. The van der Waals surface area contributed by atoms with Crippen LogP contribution in [0.1, 0.15) is 66.2 Å². The van der Waals surface area contributed by atoms with Crippen LogP contribution in [0.2, 0.25) is 0 Å². The molecule has 1 saturated carbocycles. The Kier molecular flexibility index (Phi) is 4.48. The van der Waals surface area contributed by atoms with Gasteiger partial charge in [0.2, 0.25) is 0 Å². The molecule has 0 aromatic carbocycles. The lowest BCUT2D eigenvalue weighted by atomic mass is 9.79. The average Bonchev–Trinajstić information content (AvgIpc) is 2.17. The Bertz CT molecular complexity index is 237. The highest BCUT2D eigenvalue weighted by Crippen LogP contribution is 2.34. The highest BCUT2D eigenvalue weighted by atomic mass is 16.3. The van der Waals surface area contributed by atoms with E-state index in [1.165, 1.54) is 6.42 Å². The van der Waals surface area contributed by atoms with Gasteiger partial charge in [0.25, 0.3) is 0 Å². The van der Waals surface area contributed by atoms with E-state index >= 15 is 0 Å². The maximum atomic E-state index is 10.6. The van der Waals surface area contributed by atoms with E-state index in [4.69, 9.17) is 0 Å². The summed E-state index contributed by atoms with van der Waals surface area (Å²) in [5.41, 5.74) is -0.736. The second kappa shape index (κ2) is 5.26. The molecule has 0 amide bonds. The molecule has 1 rings (SSSR count). The van der Waals surface area contributed by atoms with Gasteiger partial charge in [-0.25, -0.2) is 0 Å². The van der Waals surface area contributed by atoms with Gasteiger partial charge in [-0.15, -0.1) is 0 Å². The molecule has 0 heterocycles. The van der Waals surface area contributed by atoms with Gasteiger partial charge in [-0.2, -0.15) is 10.2 Å². The number of rotatable bonds is 3. The predicted octanol–water partition coefficient (Wildman–Crippen LogP) is 3.71. The van der Waals surface area contributed by atoms with Crippen molar-refractivity contribution in [1.29, 1.82) is 0 Å². The molecule has 3 nitrogen and oxygen atoms in total. The molecule has 1 atom stereocenters. The van der Waals surface area contributed by atoms with E-state index in [1.807, 2.05) is 20.8 Å². The van der Waals surface area contributed by atoms with Crippen molar-refractivity contribution in [3.05, 3.63) is 0 Å². The second-order valence-electron chi connectivity index (χ2n) is 5.97. The highest BCUT2D eigenvalue weighted by molar-refractivity contribution is 4.92. The van der Waals surface area contributed by atoms with Crippen LogP contribution in [-0.4, -0.2) is 22.3 Å². The first-order valence-electron chi connectivity index (χ1n) is 6.52. The standard InChI is InChI=1S/C13H26N2O/c1-5-11(14-15-12(2,3)4)13(16)9-7-6-8-10-13/h11,16H,5-10H2,1-4H3. The molecule has 0 radical (unpaired) electrons. The zero-order valence-corrected chi connectivity index (χ0v) is 11.2. The SMILES string of the molecule is CCC(N=NC(C)(C)C)C1(O)CCCCC1. The third-order valence-corrected chi connectivity index (χ3v) is 3.22. The summed E-state index contributed by atoms with van der Waals surface area (Å²) in [5.74, 6) is 0. The van der Waals surface area contributed by atoms with Crippen LogP contribution < -0.4 is 0 Å². The zero-order chi connectivity index (χ0) is 12.2. The Morgan fingerprint density at radius 1 is 1.19 bits per heavy atom. The first-order chi connectivity index (χ1) is 7.37. The molecule has 16 heavy (non-hydrogen) atoms. The minimum absolute atomic E-state index is 0.0213. The highest BCUT2D eigenvalue weighted by Gasteiger charge is 2.37. The minimum Gasteiger partial charge on any atom is -0.388 e. The fourth-order valence-electron chi connectivity index (χ4n) is 2.31. The summed E-state index contributed by atoms with van der Waals surface area (Å²) in [6.45, 7) is 8.19. The molecule has 0 aromatic heterocycles. The first kappa shape index (κ1) is 13.6. The summed E-state index contributed by atoms with van der Waals surface area (Å²) in [6, 6.07) is -0.0213. The Hall–Kier alpha value is -0.440. The van der Waals surface area contributed by atoms with Crippen molar-refractivity contribution < 1.29 is 5.11 Å². The number of hydrogen-bond donors (Lipinski definition) is 1. The number of azo groups is 1. The molecule has 0 spiro atoms. The van der Waals surface area contributed by atoms with Gasteiger partial charge in [0.1, 0.15) is 0 Å². The number of nitrogens with zero attached hydrogens (tertiary/aromatic N) is 2. The molecule has 0 saturated heterocycles. The van der Waals surface area contributed by atoms with Crippen LogP contribution in [0.4, 0.5) is 0 Å². The fourth-order valence-corrected chi connectivity index (χ4v) is 2.31. The van der Waals surface area contributed by atoms with Crippen molar-refractivity contribution in [2.75, 3.05) is 0 Å². The van der Waals surface area contributed by atoms with Crippen molar-refractivity contribution in [1.82, 2.24) is 0 Å². The summed E-state index contributed by atoms with van der Waals surface area (Å²) in [6.07, 6.45) is 6.13. The third kappa shape index (κ3) is 3.85. The molecule has 1 aliphatic rings. The molecule has 0 aliphatic heterocycles. The monoisotopic (exact) mass is 226 g/mol. The molecule has 1 aliphatic carbocycles. The molecule has 0 bridgehead atoms. The molecular formula is C13H26N2O. The largest absolute Gasteiger partial charge is 0.388 e. The van der Waals surface area contributed by atoms with Gasteiger partial charge in [-0.05, 0) is 40.0 Å². The van der Waals surface area contributed by atoms with Crippen LogP contribution in [-0.2, 0) is 0 Å². The molecular weight excluding hydrogens is 200 g/mol. The lowest BCUT2D eigenvalue weighted by Crippen LogP contribution is -2.42. The quantitative estimate of drug-likeness (QED) is 0.732. The lowest BCUT2D eigenvalue weighted by molar-refractivity contribution is -0.0220. The Balaban J connectivity index is 2.69. The summed E-state index contributed by atoms with van der Waals surface area (Å²) in [7, 11) is 0. The van der Waals surface area contributed by atoms with E-state index in [2.05, 4.69) is 17.2 Å². The first-order valence-corrected chi connectivity index (χ1v) is 6.52. The van der Waals surface area contributed by atoms with Crippen molar-refractivity contribution in [3.8, 4) is 0 Å². The average molecular weight is 226 g/mol. The maximum Gasteiger partial charge on any atom is 0.0992 e. The van der Waals surface area contributed by atoms with Crippen molar-refractivity contribution in [2.45, 2.75) is 83.4 Å². The van der Waals surface area contributed by atoms with E-state index in [0.717, 1.165) is 32.1 Å². The molecule has 3 heteroatoms. The van der Waals surface area contributed by atoms with Crippen LogP contribution in [0.25, 0.3) is 0 Å². The van der Waals surface area contributed by atoms with Crippen LogP contribution in [0.3, 0.4) is 0 Å². The van der Waals surface area contributed by atoms with Gasteiger partial charge in [-0.3, -0.25) is 0 Å². The minimum atomic E-state index is -0.595. The Morgan fingerprint density at radius 3 is 2.19 bits per heavy atom. The normalized spacial score (nSPS) is 23.6. The molecule has 1 fully saturated rings. The summed E-state index contributed by atoms with van der Waals surface area (Å²) in [5, 5.41) is 19.3. The molecule has 1 unspecified atom stereocenters. The van der Waals surface area contributed by atoms with Crippen LogP contribution in [0.5, 0.6) is 0 Å². The van der Waals surface area contributed by atoms with Crippen LogP contribution in [0, 0.1) is 0 Å². The van der Waals surface area contributed by atoms with Crippen LogP contribution in [0.15, 0.2) is 10.2 Å². The maximum absolute atomic E-state index is 10.6. The second-order valence-corrected chi connectivity index (χ2v) is 5.97. The van der Waals surface area contributed by atoms with Gasteiger partial charge in [0.15, 0.2) is 0 Å². The summed E-state index contributed by atoms with van der Waals surface area (Å²) in [4.78, 5) is 0. The van der Waals surface area contributed by atoms with E-state index in [9.17, 15) is 5.11 Å². The Labute approximate surface area is 99.4 Å². The number of aliphatic hydroxyl groups is 1. The smallest absolute Gasteiger partial charge is 0.0992 e. The summed E-state index contributed by atoms with van der Waals surface area (Å²) >= 11 is 0. The molecule has 1 N–H and O–H groups in total. The summed E-state index contributed by atoms with van der Waals surface area (Å²) < 4.78 is 0. The topological polar surface area (TPSA) is 45.0 Å². The van der Waals surface area contributed by atoms with Gasteiger partial charge >= 0.3 is 0 Å². The van der Waals surface area contributed by atoms with Gasteiger partial charge in [0, 0.05) is 0 Å². The number of hydrogen-bond acceptors (Lipinski definition) is 3. The fraction of sp³-hybridized carbons (Fsp3) is 1.00. The van der Waals surface area contributed by atoms with Gasteiger partial charge in [-0.1, -0.05) is 26.2 Å². The van der Waals surface area contributed by atoms with Gasteiger partial charge in [0.05, 0.1) is 17.2 Å². The van der Waals surface area contributed by atoms with E-state index in [-0.39, 0.29) is 11.6 Å². The Morgan fingerprint density at radius 2 is 1.75 bits per heavy atom. The lowest BCUT2D eigenvalue weighted by Gasteiger charge is -2.36. The van der Waals surface area contributed by atoms with Crippen molar-refractivity contribution in [3.63, 3.8) is 0 Å².